The lowest BCUT2D eigenvalue weighted by Gasteiger charge is -2.28. The van der Waals surface area contributed by atoms with Gasteiger partial charge in [-0.1, -0.05) is 29.8 Å². The highest BCUT2D eigenvalue weighted by atomic mass is 35.5. The van der Waals surface area contributed by atoms with Crippen molar-refractivity contribution in [2.24, 2.45) is 23.2 Å². The maximum absolute atomic E-state index is 12.8. The number of carbonyl (C=O) groups excluding carboxylic acids is 2. The number of halogens is 1. The largest absolute Gasteiger partial charge is 0.274 e. The molecule has 20 heavy (non-hydrogen) atoms. The van der Waals surface area contributed by atoms with E-state index in [0.717, 1.165) is 6.42 Å². The third-order valence-electron chi connectivity index (χ3n) is 5.18. The predicted molar refractivity (Wildman–Crippen MR) is 76.3 cm³/mol. The minimum absolute atomic E-state index is 0.0726. The first-order valence-corrected chi connectivity index (χ1v) is 7.23. The zero-order valence-electron chi connectivity index (χ0n) is 11.0. The summed E-state index contributed by atoms with van der Waals surface area (Å²) in [7, 11) is 0. The van der Waals surface area contributed by atoms with Crippen LogP contribution in [0.4, 0.5) is 5.69 Å². The molecule has 1 saturated heterocycles. The Hall–Kier alpha value is -1.61. The number of rotatable bonds is 1. The molecule has 2 aliphatic carbocycles. The number of benzene rings is 1. The fourth-order valence-corrected chi connectivity index (χ4v) is 4.35. The van der Waals surface area contributed by atoms with Crippen LogP contribution < -0.4 is 4.90 Å². The number of allylic oxidation sites excluding steroid dienone is 2. The van der Waals surface area contributed by atoms with Crippen molar-refractivity contribution in [3.63, 3.8) is 0 Å². The fraction of sp³-hybridized carbons (Fsp3) is 0.375. The molecule has 0 aromatic heterocycles. The minimum atomic E-state index is -0.571. The summed E-state index contributed by atoms with van der Waals surface area (Å²) in [6.07, 6.45) is 5.14. The van der Waals surface area contributed by atoms with E-state index in [-0.39, 0.29) is 29.6 Å². The second-order valence-corrected chi connectivity index (χ2v) is 6.55. The van der Waals surface area contributed by atoms with Crippen LogP contribution in [0.15, 0.2) is 36.4 Å². The molecule has 2 amide bonds. The van der Waals surface area contributed by atoms with Crippen molar-refractivity contribution in [2.75, 3.05) is 4.90 Å². The Balaban J connectivity index is 1.82. The molecule has 0 spiro atoms. The summed E-state index contributed by atoms with van der Waals surface area (Å²) in [6.45, 7) is 1.94. The normalized spacial score (nSPS) is 37.9. The molecular weight excluding hydrogens is 274 g/mol. The van der Waals surface area contributed by atoms with Crippen molar-refractivity contribution in [3.8, 4) is 0 Å². The van der Waals surface area contributed by atoms with Crippen molar-refractivity contribution in [1.82, 2.24) is 0 Å². The van der Waals surface area contributed by atoms with E-state index < -0.39 is 5.41 Å². The lowest BCUT2D eigenvalue weighted by molar-refractivity contribution is -0.127. The Bertz CT molecular complexity index is 668. The lowest BCUT2D eigenvalue weighted by atomic mass is 9.71. The molecule has 4 heteroatoms. The molecular formula is C16H14ClNO2. The second-order valence-electron chi connectivity index (χ2n) is 6.11. The Kier molecular flexibility index (Phi) is 2.27. The third-order valence-corrected chi connectivity index (χ3v) is 5.41. The van der Waals surface area contributed by atoms with Gasteiger partial charge in [0.2, 0.25) is 11.8 Å². The van der Waals surface area contributed by atoms with Crippen LogP contribution in [0.1, 0.15) is 13.3 Å². The topological polar surface area (TPSA) is 37.4 Å². The summed E-state index contributed by atoms with van der Waals surface area (Å²) in [5.41, 5.74) is 0.0151. The van der Waals surface area contributed by atoms with Crippen LogP contribution >= 0.6 is 11.6 Å². The van der Waals surface area contributed by atoms with Crippen LogP contribution in [0.25, 0.3) is 0 Å². The van der Waals surface area contributed by atoms with E-state index in [0.29, 0.717) is 10.7 Å². The number of hydrogen-bond acceptors (Lipinski definition) is 2. The molecule has 3 aliphatic rings. The fourth-order valence-electron chi connectivity index (χ4n) is 4.17. The van der Waals surface area contributed by atoms with Crippen LogP contribution in [-0.2, 0) is 9.59 Å². The van der Waals surface area contributed by atoms with E-state index in [4.69, 9.17) is 11.6 Å². The molecule has 1 heterocycles. The molecule has 4 atom stereocenters. The van der Waals surface area contributed by atoms with Crippen LogP contribution in [-0.4, -0.2) is 11.8 Å². The molecule has 0 N–H and O–H groups in total. The van der Waals surface area contributed by atoms with Gasteiger partial charge in [0.05, 0.1) is 17.0 Å². The number of amides is 2. The van der Waals surface area contributed by atoms with Crippen LogP contribution in [0.3, 0.4) is 0 Å². The maximum atomic E-state index is 12.8. The molecule has 4 unspecified atom stereocenters. The molecule has 0 radical (unpaired) electrons. The molecule has 4 rings (SSSR count). The lowest BCUT2D eigenvalue weighted by Crippen LogP contribution is -2.37. The minimum Gasteiger partial charge on any atom is -0.274 e. The number of anilines is 1. The van der Waals surface area contributed by atoms with Crippen LogP contribution in [0, 0.1) is 23.2 Å². The first-order chi connectivity index (χ1) is 9.53. The number of imide groups is 1. The first-order valence-electron chi connectivity index (χ1n) is 6.86. The van der Waals surface area contributed by atoms with Gasteiger partial charge in [-0.05, 0) is 43.4 Å². The average molecular weight is 288 g/mol. The quantitative estimate of drug-likeness (QED) is 0.588. The number of nitrogens with zero attached hydrogens (tertiary/aromatic N) is 1. The summed E-state index contributed by atoms with van der Waals surface area (Å²) in [6, 6.07) is 6.95. The molecule has 3 nitrogen and oxygen atoms in total. The van der Waals surface area contributed by atoms with E-state index in [2.05, 4.69) is 12.2 Å². The zero-order chi connectivity index (χ0) is 14.1. The van der Waals surface area contributed by atoms with E-state index in [1.54, 1.807) is 24.3 Å². The molecule has 2 fully saturated rings. The molecule has 1 saturated carbocycles. The molecule has 2 bridgehead atoms. The highest BCUT2D eigenvalue weighted by molar-refractivity contribution is 6.31. The number of carbonyl (C=O) groups is 2. The Morgan fingerprint density at radius 2 is 2.10 bits per heavy atom. The summed E-state index contributed by atoms with van der Waals surface area (Å²) >= 11 is 5.98. The highest BCUT2D eigenvalue weighted by Gasteiger charge is 2.67. The Morgan fingerprint density at radius 3 is 2.80 bits per heavy atom. The van der Waals surface area contributed by atoms with Gasteiger partial charge in [-0.2, -0.15) is 0 Å². The van der Waals surface area contributed by atoms with Gasteiger partial charge in [0.1, 0.15) is 0 Å². The highest BCUT2D eigenvalue weighted by Crippen LogP contribution is 2.60. The maximum Gasteiger partial charge on any atom is 0.241 e. The summed E-state index contributed by atoms with van der Waals surface area (Å²) in [5, 5.41) is 0.534. The van der Waals surface area contributed by atoms with Gasteiger partial charge in [-0.15, -0.1) is 0 Å². The molecule has 102 valence electrons. The zero-order valence-corrected chi connectivity index (χ0v) is 11.8. The molecule has 1 aromatic carbocycles. The van der Waals surface area contributed by atoms with E-state index in [9.17, 15) is 9.59 Å². The monoisotopic (exact) mass is 287 g/mol. The van der Waals surface area contributed by atoms with Crippen molar-refractivity contribution in [2.45, 2.75) is 13.3 Å². The number of hydrogen-bond donors (Lipinski definition) is 0. The van der Waals surface area contributed by atoms with E-state index in [1.165, 1.54) is 4.90 Å². The predicted octanol–water partition coefficient (Wildman–Crippen LogP) is 3.04. The third kappa shape index (κ3) is 1.27. The average Bonchev–Trinajstić information content (AvgIpc) is 3.03. The summed E-state index contributed by atoms with van der Waals surface area (Å²) in [4.78, 5) is 26.9. The van der Waals surface area contributed by atoms with Gasteiger partial charge in [0.25, 0.3) is 0 Å². The molecule has 1 aliphatic heterocycles. The van der Waals surface area contributed by atoms with Gasteiger partial charge >= 0.3 is 0 Å². The van der Waals surface area contributed by atoms with Gasteiger partial charge in [0.15, 0.2) is 0 Å². The molecule has 1 aromatic rings. The van der Waals surface area contributed by atoms with Gasteiger partial charge < -0.3 is 0 Å². The van der Waals surface area contributed by atoms with Gasteiger partial charge in [-0.3, -0.25) is 9.59 Å². The SMILES string of the molecule is CC12C(=O)N(c3cccc(Cl)c3)C(=O)C1C1C=CC2C1. The summed E-state index contributed by atoms with van der Waals surface area (Å²) < 4.78 is 0. The standard InChI is InChI=1S/C16H14ClNO2/c1-16-10-6-5-9(7-10)13(16)14(19)18(15(16)20)12-4-2-3-11(17)8-12/h2-6,8-10,13H,7H2,1H3. The number of fused-ring (bicyclic) bond motifs is 5. The van der Waals surface area contributed by atoms with Crippen molar-refractivity contribution in [3.05, 3.63) is 41.4 Å². The second kappa shape index (κ2) is 3.73. The Morgan fingerprint density at radius 1 is 1.30 bits per heavy atom. The van der Waals surface area contributed by atoms with E-state index in [1.807, 2.05) is 6.92 Å². The van der Waals surface area contributed by atoms with E-state index >= 15 is 0 Å². The smallest absolute Gasteiger partial charge is 0.241 e. The van der Waals surface area contributed by atoms with Crippen molar-refractivity contribution < 1.29 is 9.59 Å². The first kappa shape index (κ1) is 12.2. The van der Waals surface area contributed by atoms with Crippen molar-refractivity contribution >= 4 is 29.1 Å². The van der Waals surface area contributed by atoms with Crippen molar-refractivity contribution in [1.29, 1.82) is 0 Å². The summed E-state index contributed by atoms with van der Waals surface area (Å²) in [5.74, 6) is 0.0518. The van der Waals surface area contributed by atoms with Gasteiger partial charge in [-0.25, -0.2) is 4.90 Å². The van der Waals surface area contributed by atoms with Crippen LogP contribution in [0.2, 0.25) is 5.02 Å². The Labute approximate surface area is 122 Å². The van der Waals surface area contributed by atoms with Crippen LogP contribution in [0.5, 0.6) is 0 Å². The van der Waals surface area contributed by atoms with Gasteiger partial charge in [0, 0.05) is 5.02 Å².